The fourth-order valence-electron chi connectivity index (χ4n) is 4.87. The Labute approximate surface area is 215 Å². The van der Waals surface area contributed by atoms with E-state index in [0.717, 1.165) is 29.4 Å². The molecule has 192 valence electrons. The van der Waals surface area contributed by atoms with Gasteiger partial charge in [-0.15, -0.1) is 0 Å². The molecule has 2 aromatic heterocycles. The Morgan fingerprint density at radius 1 is 1.19 bits per heavy atom. The van der Waals surface area contributed by atoms with E-state index in [0.29, 0.717) is 17.4 Å². The van der Waals surface area contributed by atoms with Crippen molar-refractivity contribution in [2.24, 2.45) is 0 Å². The number of nitrogens with one attached hydrogen (secondary N) is 4. The Kier molecular flexibility index (Phi) is 7.51. The zero-order valence-corrected chi connectivity index (χ0v) is 20.9. The third kappa shape index (κ3) is 6.18. The lowest BCUT2D eigenvalue weighted by molar-refractivity contribution is -0.118. The number of benzene rings is 2. The number of aromatic nitrogens is 3. The standard InChI is InChI=1S/C28H32N6O3/c1-34-11-5-8-23(34)12-20-15-30-25-10-9-21(13-24(20)25)32-27(35)26(14-22-16-29-18-31-22)33-28(36)37-17-19-6-3-2-4-7-19/h2-4,6-7,9-10,13,15-16,18,23,26,30H,5,8,11-12,14,17H2,1H3,(H,29,31)(H,32,35)(H,33,36)/t23?,26-/m0/s1. The molecule has 37 heavy (non-hydrogen) atoms. The fourth-order valence-corrected chi connectivity index (χ4v) is 4.87. The van der Waals surface area contributed by atoms with Crippen molar-refractivity contribution in [3.8, 4) is 0 Å². The van der Waals surface area contributed by atoms with E-state index in [2.05, 4.69) is 43.7 Å². The van der Waals surface area contributed by atoms with Crippen LogP contribution in [-0.4, -0.2) is 57.5 Å². The number of ether oxygens (including phenoxy) is 1. The van der Waals surface area contributed by atoms with Crippen LogP contribution in [0.4, 0.5) is 10.5 Å². The van der Waals surface area contributed by atoms with E-state index in [1.165, 1.54) is 18.4 Å². The molecule has 2 atom stereocenters. The number of rotatable bonds is 9. The first-order valence-corrected chi connectivity index (χ1v) is 12.6. The number of carbonyl (C=O) groups excluding carboxylic acids is 2. The zero-order chi connectivity index (χ0) is 25.6. The number of nitrogens with zero attached hydrogens (tertiary/aromatic N) is 2. The summed E-state index contributed by atoms with van der Waals surface area (Å²) >= 11 is 0. The van der Waals surface area contributed by atoms with E-state index in [1.807, 2.05) is 48.5 Å². The molecule has 2 aromatic carbocycles. The summed E-state index contributed by atoms with van der Waals surface area (Å²) in [5.41, 5.74) is 4.47. The smallest absolute Gasteiger partial charge is 0.408 e. The van der Waals surface area contributed by atoms with Crippen molar-refractivity contribution < 1.29 is 14.3 Å². The molecular formula is C28H32N6O3. The van der Waals surface area contributed by atoms with Crippen molar-refractivity contribution in [1.29, 1.82) is 0 Å². The van der Waals surface area contributed by atoms with Gasteiger partial charge in [0.05, 0.1) is 12.0 Å². The highest BCUT2D eigenvalue weighted by atomic mass is 16.5. The van der Waals surface area contributed by atoms with Crippen molar-refractivity contribution in [1.82, 2.24) is 25.2 Å². The second-order valence-corrected chi connectivity index (χ2v) is 9.57. The van der Waals surface area contributed by atoms with Crippen LogP contribution in [0.1, 0.15) is 29.7 Å². The molecule has 9 heteroatoms. The second kappa shape index (κ2) is 11.3. The Morgan fingerprint density at radius 3 is 2.81 bits per heavy atom. The van der Waals surface area contributed by atoms with Crippen molar-refractivity contribution in [2.45, 2.75) is 44.4 Å². The molecule has 4 aromatic rings. The van der Waals surface area contributed by atoms with E-state index < -0.39 is 12.1 Å². The monoisotopic (exact) mass is 500 g/mol. The molecule has 0 spiro atoms. The van der Waals surface area contributed by atoms with Crippen LogP contribution in [0.15, 0.2) is 67.3 Å². The maximum Gasteiger partial charge on any atom is 0.408 e. The van der Waals surface area contributed by atoms with Gasteiger partial charge in [0.25, 0.3) is 0 Å². The van der Waals surface area contributed by atoms with Gasteiger partial charge in [0.15, 0.2) is 0 Å². The van der Waals surface area contributed by atoms with Crippen LogP contribution >= 0.6 is 0 Å². The average Bonchev–Trinajstić information content (AvgIpc) is 3.66. The Bertz CT molecular complexity index is 1330. The number of hydrogen-bond donors (Lipinski definition) is 4. The second-order valence-electron chi connectivity index (χ2n) is 9.57. The Balaban J connectivity index is 1.27. The minimum absolute atomic E-state index is 0.118. The van der Waals surface area contributed by atoms with E-state index in [1.54, 1.807) is 12.5 Å². The maximum absolute atomic E-state index is 13.3. The highest BCUT2D eigenvalue weighted by Gasteiger charge is 2.24. The number of fused-ring (bicyclic) bond motifs is 1. The van der Waals surface area contributed by atoms with Gasteiger partial charge in [0.2, 0.25) is 5.91 Å². The quantitative estimate of drug-likeness (QED) is 0.277. The van der Waals surface area contributed by atoms with Crippen LogP contribution in [0.3, 0.4) is 0 Å². The van der Waals surface area contributed by atoms with Gasteiger partial charge >= 0.3 is 6.09 Å². The lowest BCUT2D eigenvalue weighted by atomic mass is 10.0. The molecule has 1 saturated heterocycles. The van der Waals surface area contributed by atoms with E-state index in [9.17, 15) is 9.59 Å². The number of aromatic amines is 2. The normalized spacial score (nSPS) is 16.5. The molecule has 0 saturated carbocycles. The number of carbonyl (C=O) groups is 2. The lowest BCUT2D eigenvalue weighted by Crippen LogP contribution is -2.45. The first-order valence-electron chi connectivity index (χ1n) is 12.6. The summed E-state index contributed by atoms with van der Waals surface area (Å²) in [6.07, 6.45) is 8.25. The van der Waals surface area contributed by atoms with E-state index >= 15 is 0 Å². The third-order valence-corrected chi connectivity index (χ3v) is 6.95. The molecule has 3 heterocycles. The summed E-state index contributed by atoms with van der Waals surface area (Å²) in [4.78, 5) is 38.7. The van der Waals surface area contributed by atoms with E-state index in [-0.39, 0.29) is 18.9 Å². The highest BCUT2D eigenvalue weighted by molar-refractivity contribution is 5.98. The molecular weight excluding hydrogens is 468 g/mol. The summed E-state index contributed by atoms with van der Waals surface area (Å²) in [6, 6.07) is 14.9. The molecule has 0 radical (unpaired) electrons. The van der Waals surface area contributed by atoms with Crippen LogP contribution in [0.5, 0.6) is 0 Å². The number of likely N-dealkylation sites (tertiary alicyclic amines) is 1. The van der Waals surface area contributed by atoms with Crippen molar-refractivity contribution in [3.63, 3.8) is 0 Å². The fraction of sp³-hybridized carbons (Fsp3) is 0.321. The number of alkyl carbamates (subject to hydrolysis) is 1. The zero-order valence-electron chi connectivity index (χ0n) is 20.9. The molecule has 0 aliphatic carbocycles. The van der Waals surface area contributed by atoms with Gasteiger partial charge in [-0.3, -0.25) is 4.79 Å². The summed E-state index contributed by atoms with van der Waals surface area (Å²) in [6.45, 7) is 1.25. The van der Waals surface area contributed by atoms with Gasteiger partial charge in [-0.05, 0) is 62.2 Å². The third-order valence-electron chi connectivity index (χ3n) is 6.95. The van der Waals surface area contributed by atoms with Crippen LogP contribution in [0.2, 0.25) is 0 Å². The van der Waals surface area contributed by atoms with Gasteiger partial charge < -0.3 is 30.2 Å². The van der Waals surface area contributed by atoms with Crippen LogP contribution in [-0.2, 0) is 29.0 Å². The van der Waals surface area contributed by atoms with Gasteiger partial charge in [-0.25, -0.2) is 9.78 Å². The maximum atomic E-state index is 13.3. The number of likely N-dealkylation sites (N-methyl/N-ethyl adjacent to an activating group) is 1. The molecule has 1 aliphatic rings. The topological polar surface area (TPSA) is 115 Å². The minimum Gasteiger partial charge on any atom is -0.445 e. The summed E-state index contributed by atoms with van der Waals surface area (Å²) in [5.74, 6) is -0.341. The molecule has 4 N–H and O–H groups in total. The van der Waals surface area contributed by atoms with E-state index in [4.69, 9.17) is 4.74 Å². The number of amides is 2. The molecule has 1 fully saturated rings. The molecule has 5 rings (SSSR count). The molecule has 0 bridgehead atoms. The van der Waals surface area contributed by atoms with Crippen molar-refractivity contribution in [2.75, 3.05) is 18.9 Å². The lowest BCUT2D eigenvalue weighted by Gasteiger charge is -2.19. The predicted octanol–water partition coefficient (Wildman–Crippen LogP) is 4.00. The summed E-state index contributed by atoms with van der Waals surface area (Å²) in [5, 5.41) is 6.77. The van der Waals surface area contributed by atoms with Gasteiger partial charge in [-0.2, -0.15) is 0 Å². The van der Waals surface area contributed by atoms with Crippen LogP contribution in [0.25, 0.3) is 10.9 Å². The summed E-state index contributed by atoms with van der Waals surface area (Å²) in [7, 11) is 2.18. The summed E-state index contributed by atoms with van der Waals surface area (Å²) < 4.78 is 5.35. The SMILES string of the molecule is CN1CCCC1Cc1c[nH]c2ccc(NC(=O)[C@H](Cc3c[nH]cn3)NC(=O)OCc3ccccc3)cc12. The van der Waals surface area contributed by atoms with Gasteiger partial charge in [0, 0.05) is 41.4 Å². The van der Waals surface area contributed by atoms with Crippen LogP contribution < -0.4 is 10.6 Å². The molecule has 9 nitrogen and oxygen atoms in total. The van der Waals surface area contributed by atoms with Crippen LogP contribution in [0, 0.1) is 0 Å². The number of imidazole rings is 1. The largest absolute Gasteiger partial charge is 0.445 e. The predicted molar refractivity (Wildman–Crippen MR) is 142 cm³/mol. The molecule has 1 unspecified atom stereocenters. The van der Waals surface area contributed by atoms with Gasteiger partial charge in [0.1, 0.15) is 12.6 Å². The first kappa shape index (κ1) is 24.6. The number of anilines is 1. The number of H-pyrrole nitrogens is 2. The van der Waals surface area contributed by atoms with Gasteiger partial charge in [-0.1, -0.05) is 30.3 Å². The Hall–Kier alpha value is -4.11. The number of hydrogen-bond acceptors (Lipinski definition) is 5. The first-order chi connectivity index (χ1) is 18.0. The average molecular weight is 501 g/mol. The molecule has 1 aliphatic heterocycles. The molecule has 2 amide bonds. The highest BCUT2D eigenvalue weighted by Crippen LogP contribution is 2.27. The minimum atomic E-state index is -0.861. The Morgan fingerprint density at radius 2 is 2.05 bits per heavy atom. The van der Waals surface area contributed by atoms with Crippen molar-refractivity contribution in [3.05, 3.63) is 84.1 Å². The van der Waals surface area contributed by atoms with Crippen molar-refractivity contribution >= 4 is 28.6 Å².